The maximum absolute atomic E-state index is 11.9. The molecular formula is C14H17NO5. The van der Waals surface area contributed by atoms with E-state index in [1.165, 1.54) is 0 Å². The summed E-state index contributed by atoms with van der Waals surface area (Å²) in [7, 11) is 0. The van der Waals surface area contributed by atoms with Gasteiger partial charge in [0.25, 0.3) is 5.91 Å². The highest BCUT2D eigenvalue weighted by molar-refractivity contribution is 6.05. The van der Waals surface area contributed by atoms with Gasteiger partial charge in [-0.15, -0.1) is 0 Å². The highest BCUT2D eigenvalue weighted by atomic mass is 16.6. The highest BCUT2D eigenvalue weighted by Gasteiger charge is 2.31. The van der Waals surface area contributed by atoms with Crippen molar-refractivity contribution in [2.24, 2.45) is 0 Å². The number of esters is 2. The lowest BCUT2D eigenvalue weighted by Gasteiger charge is -2.15. The normalized spacial score (nSPS) is 9.95. The predicted molar refractivity (Wildman–Crippen MR) is 71.0 cm³/mol. The molecule has 0 radical (unpaired) electrons. The Labute approximate surface area is 117 Å². The van der Waals surface area contributed by atoms with Crippen LogP contribution in [-0.4, -0.2) is 37.1 Å². The van der Waals surface area contributed by atoms with Gasteiger partial charge in [0.05, 0.1) is 13.2 Å². The third-order valence-electron chi connectivity index (χ3n) is 2.36. The molecule has 0 heterocycles. The second-order valence-electron chi connectivity index (χ2n) is 3.78. The molecule has 0 fully saturated rings. The number of carbonyl (C=O) groups is 3. The summed E-state index contributed by atoms with van der Waals surface area (Å²) in [6, 6.07) is 6.80. The Balaban J connectivity index is 2.81. The van der Waals surface area contributed by atoms with Crippen LogP contribution in [0.5, 0.6) is 0 Å². The Hall–Kier alpha value is -2.37. The zero-order valence-electron chi connectivity index (χ0n) is 11.4. The van der Waals surface area contributed by atoms with Gasteiger partial charge in [0.2, 0.25) is 6.04 Å². The second-order valence-corrected chi connectivity index (χ2v) is 3.78. The Morgan fingerprint density at radius 2 is 1.50 bits per heavy atom. The van der Waals surface area contributed by atoms with Crippen LogP contribution in [0.25, 0.3) is 0 Å². The van der Waals surface area contributed by atoms with Gasteiger partial charge in [-0.2, -0.15) is 0 Å². The third-order valence-corrected chi connectivity index (χ3v) is 2.36. The largest absolute Gasteiger partial charge is 0.464 e. The number of hydrogen-bond donors (Lipinski definition) is 1. The molecule has 6 nitrogen and oxygen atoms in total. The number of amides is 1. The zero-order valence-corrected chi connectivity index (χ0v) is 11.4. The SMILES string of the molecule is CCOC(=O)C(NC(=O)c1ccccc1)C(=O)OCC. The summed E-state index contributed by atoms with van der Waals surface area (Å²) >= 11 is 0. The van der Waals surface area contributed by atoms with Gasteiger partial charge in [0, 0.05) is 5.56 Å². The molecule has 1 aromatic carbocycles. The van der Waals surface area contributed by atoms with Crippen molar-refractivity contribution in [3.63, 3.8) is 0 Å². The smallest absolute Gasteiger partial charge is 0.340 e. The van der Waals surface area contributed by atoms with Crippen molar-refractivity contribution in [1.29, 1.82) is 0 Å². The van der Waals surface area contributed by atoms with E-state index in [-0.39, 0.29) is 13.2 Å². The summed E-state index contributed by atoms with van der Waals surface area (Å²) in [4.78, 5) is 35.3. The van der Waals surface area contributed by atoms with Crippen LogP contribution in [0.1, 0.15) is 24.2 Å². The van der Waals surface area contributed by atoms with Gasteiger partial charge in [0.1, 0.15) is 0 Å². The Bertz CT molecular complexity index is 454. The lowest BCUT2D eigenvalue weighted by Crippen LogP contribution is -2.48. The van der Waals surface area contributed by atoms with E-state index < -0.39 is 23.9 Å². The Morgan fingerprint density at radius 3 is 1.95 bits per heavy atom. The number of benzene rings is 1. The third kappa shape index (κ3) is 4.38. The number of rotatable bonds is 6. The average Bonchev–Trinajstić information content (AvgIpc) is 2.45. The zero-order chi connectivity index (χ0) is 15.0. The van der Waals surface area contributed by atoms with Crippen LogP contribution in [-0.2, 0) is 19.1 Å². The fourth-order valence-electron chi connectivity index (χ4n) is 1.47. The Kier molecular flexibility index (Phi) is 6.22. The van der Waals surface area contributed by atoms with E-state index in [2.05, 4.69) is 5.32 Å². The van der Waals surface area contributed by atoms with Crippen LogP contribution in [0.15, 0.2) is 30.3 Å². The fraction of sp³-hybridized carbons (Fsp3) is 0.357. The molecule has 1 rings (SSSR count). The molecule has 0 bridgehead atoms. The summed E-state index contributed by atoms with van der Waals surface area (Å²) < 4.78 is 9.51. The maximum Gasteiger partial charge on any atom is 0.340 e. The molecule has 0 aromatic heterocycles. The average molecular weight is 279 g/mol. The quantitative estimate of drug-likeness (QED) is 0.618. The molecular weight excluding hydrogens is 262 g/mol. The van der Waals surface area contributed by atoms with E-state index in [9.17, 15) is 14.4 Å². The molecule has 0 saturated heterocycles. The van der Waals surface area contributed by atoms with E-state index in [4.69, 9.17) is 9.47 Å². The van der Waals surface area contributed by atoms with Crippen LogP contribution in [0.2, 0.25) is 0 Å². The Morgan fingerprint density at radius 1 is 1.00 bits per heavy atom. The van der Waals surface area contributed by atoms with Gasteiger partial charge >= 0.3 is 11.9 Å². The van der Waals surface area contributed by atoms with Crippen LogP contribution in [0.3, 0.4) is 0 Å². The van der Waals surface area contributed by atoms with E-state index in [0.29, 0.717) is 5.56 Å². The molecule has 1 amide bonds. The molecule has 0 aliphatic rings. The van der Waals surface area contributed by atoms with E-state index in [0.717, 1.165) is 0 Å². The van der Waals surface area contributed by atoms with E-state index >= 15 is 0 Å². The molecule has 0 spiro atoms. The van der Waals surface area contributed by atoms with Gasteiger partial charge in [-0.05, 0) is 26.0 Å². The number of carbonyl (C=O) groups excluding carboxylic acids is 3. The summed E-state index contributed by atoms with van der Waals surface area (Å²) in [6.45, 7) is 3.43. The molecule has 6 heteroatoms. The van der Waals surface area contributed by atoms with Gasteiger partial charge in [-0.25, -0.2) is 9.59 Å². The van der Waals surface area contributed by atoms with Crippen LogP contribution in [0.4, 0.5) is 0 Å². The highest BCUT2D eigenvalue weighted by Crippen LogP contribution is 2.01. The predicted octanol–water partition coefficient (Wildman–Crippen LogP) is 0.911. The van der Waals surface area contributed by atoms with Crippen LogP contribution < -0.4 is 5.32 Å². The fourth-order valence-corrected chi connectivity index (χ4v) is 1.47. The molecule has 0 aliphatic carbocycles. The van der Waals surface area contributed by atoms with Gasteiger partial charge in [-0.3, -0.25) is 4.79 Å². The van der Waals surface area contributed by atoms with Crippen molar-refractivity contribution in [1.82, 2.24) is 5.32 Å². The first-order valence-electron chi connectivity index (χ1n) is 6.29. The van der Waals surface area contributed by atoms with E-state index in [1.54, 1.807) is 44.2 Å². The van der Waals surface area contributed by atoms with Gasteiger partial charge in [-0.1, -0.05) is 18.2 Å². The summed E-state index contributed by atoms with van der Waals surface area (Å²) in [5, 5.41) is 2.31. The van der Waals surface area contributed by atoms with Crippen molar-refractivity contribution in [2.75, 3.05) is 13.2 Å². The van der Waals surface area contributed by atoms with Crippen molar-refractivity contribution < 1.29 is 23.9 Å². The van der Waals surface area contributed by atoms with Crippen molar-refractivity contribution >= 4 is 17.8 Å². The van der Waals surface area contributed by atoms with Gasteiger partial charge < -0.3 is 14.8 Å². The van der Waals surface area contributed by atoms with Crippen molar-refractivity contribution in [2.45, 2.75) is 19.9 Å². The molecule has 0 saturated carbocycles. The molecule has 1 aromatic rings. The standard InChI is InChI=1S/C14H17NO5/c1-3-19-13(17)11(14(18)20-4-2)15-12(16)10-8-6-5-7-9-10/h5-9,11H,3-4H2,1-2H3,(H,15,16). The minimum absolute atomic E-state index is 0.107. The minimum Gasteiger partial charge on any atom is -0.464 e. The molecule has 0 atom stereocenters. The number of ether oxygens (including phenoxy) is 2. The van der Waals surface area contributed by atoms with Gasteiger partial charge in [0.15, 0.2) is 0 Å². The summed E-state index contributed by atoms with van der Waals surface area (Å²) in [5.41, 5.74) is 0.339. The second kappa shape index (κ2) is 7.93. The van der Waals surface area contributed by atoms with E-state index in [1.807, 2.05) is 0 Å². The van der Waals surface area contributed by atoms with Crippen LogP contribution in [0, 0.1) is 0 Å². The lowest BCUT2D eigenvalue weighted by atomic mass is 10.2. The monoisotopic (exact) mass is 279 g/mol. The molecule has 1 N–H and O–H groups in total. The molecule has 20 heavy (non-hydrogen) atoms. The lowest BCUT2D eigenvalue weighted by molar-refractivity contribution is -0.157. The summed E-state index contributed by atoms with van der Waals surface area (Å²) in [5.74, 6) is -2.22. The molecule has 0 aliphatic heterocycles. The molecule has 108 valence electrons. The first kappa shape index (κ1) is 15.7. The number of nitrogens with one attached hydrogen (secondary N) is 1. The number of hydrogen-bond acceptors (Lipinski definition) is 5. The topological polar surface area (TPSA) is 81.7 Å². The maximum atomic E-state index is 11.9. The summed E-state index contributed by atoms with van der Waals surface area (Å²) in [6.07, 6.45) is 0. The first-order valence-corrected chi connectivity index (χ1v) is 6.29. The minimum atomic E-state index is -1.46. The first-order chi connectivity index (χ1) is 9.60. The molecule has 0 unspecified atom stereocenters. The van der Waals surface area contributed by atoms with Crippen LogP contribution >= 0.6 is 0 Å². The van der Waals surface area contributed by atoms with Crippen molar-refractivity contribution in [3.8, 4) is 0 Å². The van der Waals surface area contributed by atoms with Crippen molar-refractivity contribution in [3.05, 3.63) is 35.9 Å².